The second-order valence-electron chi connectivity index (χ2n) is 4.08. The zero-order chi connectivity index (χ0) is 13.7. The van der Waals surface area contributed by atoms with Crippen molar-refractivity contribution in [2.24, 2.45) is 0 Å². The minimum Gasteiger partial charge on any atom is -0.508 e. The van der Waals surface area contributed by atoms with Crippen molar-refractivity contribution in [1.29, 1.82) is 0 Å². The van der Waals surface area contributed by atoms with E-state index >= 15 is 0 Å². The number of anilines is 1. The third kappa shape index (κ3) is 3.35. The molecule has 19 heavy (non-hydrogen) atoms. The smallest absolute Gasteiger partial charge is 0.237 e. The number of alkyl halides is 1. The van der Waals surface area contributed by atoms with Crippen LogP contribution >= 0.6 is 15.9 Å². The van der Waals surface area contributed by atoms with Crippen molar-refractivity contribution >= 4 is 27.5 Å². The lowest BCUT2D eigenvalue weighted by Gasteiger charge is -2.22. The lowest BCUT2D eigenvalue weighted by Crippen LogP contribution is -2.31. The number of rotatable bonds is 4. The maximum absolute atomic E-state index is 12.0. The molecule has 0 aliphatic carbocycles. The highest BCUT2D eigenvalue weighted by atomic mass is 79.9. The molecule has 0 unspecified atom stereocenters. The first-order valence-electron chi connectivity index (χ1n) is 5.90. The van der Waals surface area contributed by atoms with Gasteiger partial charge in [-0.3, -0.25) is 4.79 Å². The van der Waals surface area contributed by atoms with Crippen molar-refractivity contribution in [1.82, 2.24) is 0 Å². The molecule has 0 heterocycles. The Morgan fingerprint density at radius 3 is 2.32 bits per heavy atom. The van der Waals surface area contributed by atoms with E-state index in [0.717, 1.165) is 11.3 Å². The highest BCUT2D eigenvalue weighted by molar-refractivity contribution is 9.09. The van der Waals surface area contributed by atoms with Gasteiger partial charge in [0.05, 0.1) is 11.9 Å². The minimum atomic E-state index is -0.0468. The summed E-state index contributed by atoms with van der Waals surface area (Å²) in [7, 11) is 0. The topological polar surface area (TPSA) is 40.5 Å². The van der Waals surface area contributed by atoms with Crippen LogP contribution < -0.4 is 4.90 Å². The molecular formula is C15H14BrNO2. The summed E-state index contributed by atoms with van der Waals surface area (Å²) in [5, 5.41) is 10.1. The highest BCUT2D eigenvalue weighted by Crippen LogP contribution is 2.22. The average molecular weight is 320 g/mol. The number of carbonyl (C=O) groups is 1. The molecule has 0 aromatic heterocycles. The van der Waals surface area contributed by atoms with Gasteiger partial charge in [0, 0.05) is 11.3 Å². The van der Waals surface area contributed by atoms with Crippen LogP contribution in [0.2, 0.25) is 0 Å². The fourth-order valence-corrected chi connectivity index (χ4v) is 2.12. The zero-order valence-electron chi connectivity index (χ0n) is 10.3. The summed E-state index contributed by atoms with van der Waals surface area (Å²) in [6.07, 6.45) is 0. The number of para-hydroxylation sites is 2. The van der Waals surface area contributed by atoms with Gasteiger partial charge in [0.25, 0.3) is 0 Å². The monoisotopic (exact) mass is 319 g/mol. The minimum absolute atomic E-state index is 0.0468. The van der Waals surface area contributed by atoms with Gasteiger partial charge in [0.2, 0.25) is 5.91 Å². The van der Waals surface area contributed by atoms with Gasteiger partial charge >= 0.3 is 0 Å². The molecule has 0 saturated heterocycles. The molecule has 0 atom stereocenters. The number of benzene rings is 2. The summed E-state index contributed by atoms with van der Waals surface area (Å²) in [6.45, 7) is 0.348. The number of phenols is 1. The lowest BCUT2D eigenvalue weighted by molar-refractivity contribution is -0.116. The van der Waals surface area contributed by atoms with E-state index in [1.165, 1.54) is 0 Å². The van der Waals surface area contributed by atoms with E-state index in [-0.39, 0.29) is 17.0 Å². The zero-order valence-corrected chi connectivity index (χ0v) is 11.9. The Balaban J connectivity index is 2.30. The van der Waals surface area contributed by atoms with Gasteiger partial charge in [-0.15, -0.1) is 0 Å². The number of hydrogen-bond acceptors (Lipinski definition) is 2. The number of nitrogens with zero attached hydrogens (tertiary/aromatic N) is 1. The van der Waals surface area contributed by atoms with E-state index in [4.69, 9.17) is 0 Å². The number of aromatic hydroxyl groups is 1. The molecule has 3 nitrogen and oxygen atoms in total. The predicted molar refractivity (Wildman–Crippen MR) is 79.5 cm³/mol. The van der Waals surface area contributed by atoms with Crippen LogP contribution in [0.4, 0.5) is 5.69 Å². The van der Waals surface area contributed by atoms with Crippen LogP contribution in [0, 0.1) is 0 Å². The molecule has 0 radical (unpaired) electrons. The molecule has 0 aliphatic rings. The summed E-state index contributed by atoms with van der Waals surface area (Å²) in [6, 6.07) is 16.5. The molecule has 1 amide bonds. The second-order valence-corrected chi connectivity index (χ2v) is 4.64. The van der Waals surface area contributed by atoms with Gasteiger partial charge in [-0.2, -0.15) is 0 Å². The number of hydrogen-bond donors (Lipinski definition) is 1. The molecule has 0 fully saturated rings. The summed E-state index contributed by atoms with van der Waals surface area (Å²) in [5.41, 5.74) is 1.54. The van der Waals surface area contributed by atoms with Crippen molar-refractivity contribution in [2.45, 2.75) is 6.54 Å². The van der Waals surface area contributed by atoms with Crippen molar-refractivity contribution in [3.63, 3.8) is 0 Å². The quantitative estimate of drug-likeness (QED) is 0.878. The summed E-state index contributed by atoms with van der Waals surface area (Å²) < 4.78 is 0. The Morgan fingerprint density at radius 2 is 1.68 bits per heavy atom. The van der Waals surface area contributed by atoms with Crippen molar-refractivity contribution < 1.29 is 9.90 Å². The molecule has 98 valence electrons. The van der Waals surface area contributed by atoms with E-state index in [2.05, 4.69) is 15.9 Å². The van der Waals surface area contributed by atoms with Gasteiger partial charge in [-0.25, -0.2) is 0 Å². The molecule has 2 aromatic rings. The predicted octanol–water partition coefficient (Wildman–Crippen LogP) is 3.32. The summed E-state index contributed by atoms with van der Waals surface area (Å²) in [4.78, 5) is 13.7. The van der Waals surface area contributed by atoms with Crippen LogP contribution in [-0.4, -0.2) is 16.3 Å². The van der Waals surface area contributed by atoms with E-state index in [9.17, 15) is 9.90 Å². The number of halogens is 1. The first-order chi connectivity index (χ1) is 9.22. The Labute approximate surface area is 120 Å². The fourth-order valence-electron chi connectivity index (χ4n) is 1.82. The molecule has 1 N–H and O–H groups in total. The van der Waals surface area contributed by atoms with Crippen LogP contribution in [0.1, 0.15) is 5.56 Å². The first-order valence-corrected chi connectivity index (χ1v) is 7.03. The number of phenolic OH excluding ortho intramolecular Hbond substituents is 1. The molecule has 2 rings (SSSR count). The van der Waals surface area contributed by atoms with Crippen LogP contribution in [0.3, 0.4) is 0 Å². The van der Waals surface area contributed by atoms with Crippen LogP contribution in [0.25, 0.3) is 0 Å². The molecule has 0 bridgehead atoms. The Hall–Kier alpha value is -1.81. The average Bonchev–Trinajstić information content (AvgIpc) is 2.46. The Morgan fingerprint density at radius 1 is 1.05 bits per heavy atom. The lowest BCUT2D eigenvalue weighted by atomic mass is 10.1. The van der Waals surface area contributed by atoms with Crippen LogP contribution in [0.15, 0.2) is 54.6 Å². The standard InChI is InChI=1S/C15H14BrNO2/c16-10-15(19)17(13-7-2-1-3-8-13)11-12-6-4-5-9-14(12)18/h1-9,18H,10-11H2. The van der Waals surface area contributed by atoms with Gasteiger partial charge in [-0.05, 0) is 18.2 Å². The van der Waals surface area contributed by atoms with E-state index in [1.54, 1.807) is 17.0 Å². The highest BCUT2D eigenvalue weighted by Gasteiger charge is 2.16. The SMILES string of the molecule is O=C(CBr)N(Cc1ccccc1O)c1ccccc1. The molecule has 0 saturated carbocycles. The molecule has 2 aromatic carbocycles. The van der Waals surface area contributed by atoms with E-state index in [0.29, 0.717) is 6.54 Å². The molecule has 4 heteroatoms. The summed E-state index contributed by atoms with van der Waals surface area (Å²) >= 11 is 3.19. The molecule has 0 spiro atoms. The molecule has 0 aliphatic heterocycles. The first kappa shape index (κ1) is 13.6. The second kappa shape index (κ2) is 6.38. The van der Waals surface area contributed by atoms with Crippen LogP contribution in [0.5, 0.6) is 5.75 Å². The number of amides is 1. The van der Waals surface area contributed by atoms with Crippen molar-refractivity contribution in [2.75, 3.05) is 10.2 Å². The summed E-state index contributed by atoms with van der Waals surface area (Å²) in [5.74, 6) is 0.153. The van der Waals surface area contributed by atoms with Gasteiger partial charge < -0.3 is 10.0 Å². The van der Waals surface area contributed by atoms with E-state index in [1.807, 2.05) is 42.5 Å². The van der Waals surface area contributed by atoms with Gasteiger partial charge in [0.15, 0.2) is 0 Å². The third-order valence-corrected chi connectivity index (χ3v) is 3.28. The fraction of sp³-hybridized carbons (Fsp3) is 0.133. The van der Waals surface area contributed by atoms with Crippen LogP contribution in [-0.2, 0) is 11.3 Å². The Bertz CT molecular complexity index is 557. The van der Waals surface area contributed by atoms with Crippen molar-refractivity contribution in [3.8, 4) is 5.75 Å². The maximum Gasteiger partial charge on any atom is 0.237 e. The third-order valence-electron chi connectivity index (χ3n) is 2.80. The van der Waals surface area contributed by atoms with E-state index < -0.39 is 0 Å². The van der Waals surface area contributed by atoms with Crippen molar-refractivity contribution in [3.05, 3.63) is 60.2 Å². The Kier molecular flexibility index (Phi) is 4.58. The largest absolute Gasteiger partial charge is 0.508 e. The maximum atomic E-state index is 12.0. The van der Waals surface area contributed by atoms with Gasteiger partial charge in [-0.1, -0.05) is 52.3 Å². The van der Waals surface area contributed by atoms with Gasteiger partial charge in [0.1, 0.15) is 5.75 Å². The normalized spacial score (nSPS) is 10.2. The molecular weight excluding hydrogens is 306 g/mol. The number of carbonyl (C=O) groups excluding carboxylic acids is 1.